The molecule has 0 saturated heterocycles. The van der Waals surface area contributed by atoms with Crippen LogP contribution in [0, 0.1) is 12.7 Å². The first-order chi connectivity index (χ1) is 12.2. The molecule has 0 aliphatic carbocycles. The fraction of sp³-hybridized carbons (Fsp3) is 0.316. The maximum absolute atomic E-state index is 13.2. The van der Waals surface area contributed by atoms with Crippen LogP contribution < -0.4 is 9.62 Å². The molecule has 26 heavy (non-hydrogen) atoms. The molecule has 0 bridgehead atoms. The zero-order valence-electron chi connectivity index (χ0n) is 15.1. The van der Waals surface area contributed by atoms with Crippen LogP contribution in [0.2, 0.25) is 0 Å². The summed E-state index contributed by atoms with van der Waals surface area (Å²) in [4.78, 5) is 12.7. The van der Waals surface area contributed by atoms with Gasteiger partial charge >= 0.3 is 0 Å². The zero-order valence-corrected chi connectivity index (χ0v) is 15.9. The fourth-order valence-electron chi connectivity index (χ4n) is 2.76. The second-order valence-electron chi connectivity index (χ2n) is 6.10. The molecule has 1 N–H and O–H groups in total. The van der Waals surface area contributed by atoms with Crippen molar-refractivity contribution in [3.05, 3.63) is 65.5 Å². The van der Waals surface area contributed by atoms with Gasteiger partial charge in [-0.05, 0) is 48.7 Å². The number of anilines is 1. The van der Waals surface area contributed by atoms with E-state index in [0.717, 1.165) is 21.7 Å². The van der Waals surface area contributed by atoms with E-state index in [-0.39, 0.29) is 12.1 Å². The summed E-state index contributed by atoms with van der Waals surface area (Å²) in [7, 11) is -3.73. The van der Waals surface area contributed by atoms with Crippen molar-refractivity contribution in [2.45, 2.75) is 32.9 Å². The van der Waals surface area contributed by atoms with Gasteiger partial charge in [0.2, 0.25) is 15.9 Å². The molecule has 0 radical (unpaired) electrons. The Morgan fingerprint density at radius 3 is 2.31 bits per heavy atom. The third kappa shape index (κ3) is 4.82. The van der Waals surface area contributed by atoms with Crippen molar-refractivity contribution in [1.29, 1.82) is 0 Å². The number of hydrogen-bond donors (Lipinski definition) is 1. The highest BCUT2D eigenvalue weighted by Crippen LogP contribution is 2.23. The maximum Gasteiger partial charge on any atom is 0.244 e. The van der Waals surface area contributed by atoms with Crippen molar-refractivity contribution in [3.8, 4) is 0 Å². The third-order valence-corrected chi connectivity index (χ3v) is 5.31. The number of amides is 1. The molecule has 7 heteroatoms. The van der Waals surface area contributed by atoms with E-state index >= 15 is 0 Å². The van der Waals surface area contributed by atoms with E-state index in [1.165, 1.54) is 24.3 Å². The molecule has 2 aromatic rings. The second-order valence-corrected chi connectivity index (χ2v) is 7.96. The summed E-state index contributed by atoms with van der Waals surface area (Å²) < 4.78 is 38.8. The van der Waals surface area contributed by atoms with E-state index in [9.17, 15) is 17.6 Å². The Morgan fingerprint density at radius 2 is 1.77 bits per heavy atom. The monoisotopic (exact) mass is 378 g/mol. The first-order valence-electron chi connectivity index (χ1n) is 8.31. The number of sulfonamides is 1. The number of hydrogen-bond acceptors (Lipinski definition) is 3. The van der Waals surface area contributed by atoms with Crippen LogP contribution >= 0.6 is 0 Å². The maximum atomic E-state index is 13.2. The molecule has 0 spiro atoms. The predicted molar refractivity (Wildman–Crippen MR) is 101 cm³/mol. The summed E-state index contributed by atoms with van der Waals surface area (Å²) in [6.45, 7) is 3.99. The van der Waals surface area contributed by atoms with Crippen molar-refractivity contribution in [3.63, 3.8) is 0 Å². The Kier molecular flexibility index (Phi) is 6.37. The lowest BCUT2D eigenvalue weighted by Crippen LogP contribution is -2.49. The minimum Gasteiger partial charge on any atom is -0.350 e. The van der Waals surface area contributed by atoms with Gasteiger partial charge in [-0.3, -0.25) is 9.10 Å². The summed E-state index contributed by atoms with van der Waals surface area (Å²) in [5.74, 6) is -0.871. The molecular weight excluding hydrogens is 355 g/mol. The Labute approximate surface area is 153 Å². The van der Waals surface area contributed by atoms with Gasteiger partial charge in [0.1, 0.15) is 11.9 Å². The van der Waals surface area contributed by atoms with Crippen molar-refractivity contribution in [2.24, 2.45) is 0 Å². The Hall–Kier alpha value is -2.41. The highest BCUT2D eigenvalue weighted by Gasteiger charge is 2.31. The SMILES string of the molecule is CC[C@@H](C(=O)NCc1ccccc1C)N(c1ccc(F)cc1)S(C)(=O)=O. The van der Waals surface area contributed by atoms with E-state index in [2.05, 4.69) is 5.32 Å². The number of benzene rings is 2. The van der Waals surface area contributed by atoms with Crippen LogP contribution in [0.5, 0.6) is 0 Å². The molecule has 0 heterocycles. The first kappa shape index (κ1) is 19.9. The largest absolute Gasteiger partial charge is 0.350 e. The molecule has 0 unspecified atom stereocenters. The molecule has 0 fully saturated rings. The van der Waals surface area contributed by atoms with Crippen LogP contribution in [0.25, 0.3) is 0 Å². The van der Waals surface area contributed by atoms with Crippen LogP contribution in [-0.4, -0.2) is 26.6 Å². The summed E-state index contributed by atoms with van der Waals surface area (Å²) in [5, 5.41) is 2.81. The average molecular weight is 378 g/mol. The molecule has 0 saturated carbocycles. The standard InChI is InChI=1S/C19H23FN2O3S/c1-4-18(19(23)21-13-15-8-6-5-7-14(15)2)22(26(3,24)25)17-11-9-16(20)10-12-17/h5-12,18H,4,13H2,1-3H3,(H,21,23)/t18-/m0/s1. The topological polar surface area (TPSA) is 66.5 Å². The molecule has 140 valence electrons. The van der Waals surface area contributed by atoms with Crippen molar-refractivity contribution < 1.29 is 17.6 Å². The second kappa shape index (κ2) is 8.31. The van der Waals surface area contributed by atoms with Gasteiger partial charge in [-0.15, -0.1) is 0 Å². The normalized spacial score (nSPS) is 12.5. The van der Waals surface area contributed by atoms with Crippen molar-refractivity contribution in [1.82, 2.24) is 5.32 Å². The number of aryl methyl sites for hydroxylation is 1. The third-order valence-electron chi connectivity index (χ3n) is 4.13. The molecular formula is C19H23FN2O3S. The summed E-state index contributed by atoms with van der Waals surface area (Å²) in [6, 6.07) is 11.8. The number of carbonyl (C=O) groups is 1. The summed E-state index contributed by atoms with van der Waals surface area (Å²) >= 11 is 0. The first-order valence-corrected chi connectivity index (χ1v) is 10.2. The minimum absolute atomic E-state index is 0.256. The lowest BCUT2D eigenvalue weighted by atomic mass is 10.1. The lowest BCUT2D eigenvalue weighted by Gasteiger charge is -2.30. The molecule has 5 nitrogen and oxygen atoms in total. The average Bonchev–Trinajstić information content (AvgIpc) is 2.58. The smallest absolute Gasteiger partial charge is 0.244 e. The molecule has 0 aliphatic heterocycles. The Morgan fingerprint density at radius 1 is 1.15 bits per heavy atom. The number of rotatable bonds is 7. The number of nitrogens with zero attached hydrogens (tertiary/aromatic N) is 1. The van der Waals surface area contributed by atoms with Crippen molar-refractivity contribution in [2.75, 3.05) is 10.6 Å². The fourth-order valence-corrected chi connectivity index (χ4v) is 3.97. The van der Waals surface area contributed by atoms with Gasteiger partial charge in [-0.25, -0.2) is 12.8 Å². The van der Waals surface area contributed by atoms with Gasteiger partial charge in [-0.2, -0.15) is 0 Å². The van der Waals surface area contributed by atoms with Gasteiger partial charge in [0, 0.05) is 6.54 Å². The lowest BCUT2D eigenvalue weighted by molar-refractivity contribution is -0.122. The van der Waals surface area contributed by atoms with Gasteiger partial charge < -0.3 is 5.32 Å². The predicted octanol–water partition coefficient (Wildman–Crippen LogP) is 3.00. The summed E-state index contributed by atoms with van der Waals surface area (Å²) in [5.41, 5.74) is 2.26. The van der Waals surface area contributed by atoms with Crippen LogP contribution in [0.4, 0.5) is 10.1 Å². The van der Waals surface area contributed by atoms with E-state index < -0.39 is 27.8 Å². The molecule has 2 aromatic carbocycles. The van der Waals surface area contributed by atoms with Crippen LogP contribution in [-0.2, 0) is 21.4 Å². The highest BCUT2D eigenvalue weighted by atomic mass is 32.2. The van der Waals surface area contributed by atoms with E-state index in [0.29, 0.717) is 6.54 Å². The van der Waals surface area contributed by atoms with Gasteiger partial charge in [0.15, 0.2) is 0 Å². The molecule has 0 aliphatic rings. The Balaban J connectivity index is 2.25. The molecule has 0 aromatic heterocycles. The number of carbonyl (C=O) groups excluding carboxylic acids is 1. The van der Waals surface area contributed by atoms with Gasteiger partial charge in [0.05, 0.1) is 11.9 Å². The quantitative estimate of drug-likeness (QED) is 0.805. The minimum atomic E-state index is -3.73. The molecule has 2 rings (SSSR count). The number of nitrogens with one attached hydrogen (secondary N) is 1. The van der Waals surface area contributed by atoms with E-state index in [4.69, 9.17) is 0 Å². The number of halogens is 1. The van der Waals surface area contributed by atoms with E-state index in [1.807, 2.05) is 31.2 Å². The van der Waals surface area contributed by atoms with Crippen LogP contribution in [0.15, 0.2) is 48.5 Å². The van der Waals surface area contributed by atoms with Gasteiger partial charge in [0.25, 0.3) is 0 Å². The van der Waals surface area contributed by atoms with Crippen LogP contribution in [0.1, 0.15) is 24.5 Å². The van der Waals surface area contributed by atoms with Gasteiger partial charge in [-0.1, -0.05) is 31.2 Å². The zero-order chi connectivity index (χ0) is 19.3. The van der Waals surface area contributed by atoms with Crippen LogP contribution in [0.3, 0.4) is 0 Å². The molecule has 1 atom stereocenters. The Bertz CT molecular complexity index is 867. The van der Waals surface area contributed by atoms with E-state index in [1.54, 1.807) is 6.92 Å². The van der Waals surface area contributed by atoms with Crippen molar-refractivity contribution >= 4 is 21.6 Å². The molecule has 1 amide bonds. The summed E-state index contributed by atoms with van der Waals surface area (Å²) in [6.07, 6.45) is 1.32. The highest BCUT2D eigenvalue weighted by molar-refractivity contribution is 7.92.